The molecule has 5 rings (SSSR count). The van der Waals surface area contributed by atoms with Crippen LogP contribution >= 0.6 is 0 Å². The number of imide groups is 1. The van der Waals surface area contributed by atoms with Crippen molar-refractivity contribution in [2.24, 2.45) is 17.8 Å². The summed E-state index contributed by atoms with van der Waals surface area (Å²) in [4.78, 5) is 55.3. The maximum atomic E-state index is 13.1. The Morgan fingerprint density at radius 2 is 1.63 bits per heavy atom. The van der Waals surface area contributed by atoms with Gasteiger partial charge in [-0.1, -0.05) is 43.7 Å². The summed E-state index contributed by atoms with van der Waals surface area (Å²) in [6.07, 6.45) is 4.95. The lowest BCUT2D eigenvalue weighted by atomic mass is 9.82. The van der Waals surface area contributed by atoms with Crippen molar-refractivity contribution >= 4 is 35.1 Å². The van der Waals surface area contributed by atoms with E-state index in [4.69, 9.17) is 4.74 Å². The molecule has 0 N–H and O–H groups in total. The van der Waals surface area contributed by atoms with Gasteiger partial charge in [0.25, 0.3) is 0 Å². The topological polar surface area (TPSA) is 84.0 Å². The molecule has 0 aromatic heterocycles. The normalized spacial score (nSPS) is 23.1. The SMILES string of the molecule is CCc1cccc(CC)c1N1C[C@H](C(=O)Oc2ccc(N3C(=O)[C@H]4CC=C(C)C[C@H]4C3=O)c(C)c2)CC1=O. The van der Waals surface area contributed by atoms with Crippen LogP contribution in [-0.4, -0.2) is 30.2 Å². The Kier molecular flexibility index (Phi) is 6.95. The summed E-state index contributed by atoms with van der Waals surface area (Å²) < 4.78 is 5.69. The lowest BCUT2D eigenvalue weighted by Gasteiger charge is -2.23. The Labute approximate surface area is 223 Å². The van der Waals surface area contributed by atoms with Crippen LogP contribution < -0.4 is 14.5 Å². The first-order valence-corrected chi connectivity index (χ1v) is 13.5. The number of aryl methyl sites for hydroxylation is 3. The van der Waals surface area contributed by atoms with Crippen molar-refractivity contribution in [2.45, 2.75) is 59.8 Å². The van der Waals surface area contributed by atoms with Crippen LogP contribution in [0.5, 0.6) is 5.75 Å². The molecule has 0 spiro atoms. The second kappa shape index (κ2) is 10.2. The zero-order valence-electron chi connectivity index (χ0n) is 22.5. The van der Waals surface area contributed by atoms with Crippen molar-refractivity contribution in [3.8, 4) is 5.75 Å². The molecule has 3 aliphatic rings. The van der Waals surface area contributed by atoms with Crippen LogP contribution in [-0.2, 0) is 32.0 Å². The summed E-state index contributed by atoms with van der Waals surface area (Å²) in [6.45, 7) is 8.20. The molecule has 2 saturated heterocycles. The van der Waals surface area contributed by atoms with Crippen LogP contribution in [0.1, 0.15) is 56.7 Å². The van der Waals surface area contributed by atoms with Gasteiger partial charge in [-0.15, -0.1) is 0 Å². The maximum absolute atomic E-state index is 13.1. The van der Waals surface area contributed by atoms with Gasteiger partial charge in [0, 0.05) is 18.7 Å². The third-order valence-corrected chi connectivity index (χ3v) is 8.14. The van der Waals surface area contributed by atoms with E-state index >= 15 is 0 Å². The first kappa shape index (κ1) is 25.9. The minimum absolute atomic E-state index is 0.0775. The smallest absolute Gasteiger partial charge is 0.316 e. The molecule has 2 aliphatic heterocycles. The van der Waals surface area contributed by atoms with Crippen LogP contribution in [0, 0.1) is 24.7 Å². The number of hydrogen-bond acceptors (Lipinski definition) is 5. The third-order valence-electron chi connectivity index (χ3n) is 8.14. The summed E-state index contributed by atoms with van der Waals surface area (Å²) >= 11 is 0. The Morgan fingerprint density at radius 1 is 0.947 bits per heavy atom. The molecule has 7 heteroatoms. The van der Waals surface area contributed by atoms with E-state index in [2.05, 4.69) is 13.8 Å². The number of anilines is 2. The average Bonchev–Trinajstić information content (AvgIpc) is 3.40. The second-order valence-electron chi connectivity index (χ2n) is 10.6. The van der Waals surface area contributed by atoms with Gasteiger partial charge in [0.1, 0.15) is 5.75 Å². The molecule has 0 bridgehead atoms. The fraction of sp³-hybridized carbons (Fsp3) is 0.419. The largest absolute Gasteiger partial charge is 0.426 e. The van der Waals surface area contributed by atoms with E-state index in [1.165, 1.54) is 4.90 Å². The summed E-state index contributed by atoms with van der Waals surface area (Å²) in [5, 5.41) is 0. The maximum Gasteiger partial charge on any atom is 0.316 e. The summed E-state index contributed by atoms with van der Waals surface area (Å²) in [5.74, 6) is -1.72. The highest BCUT2D eigenvalue weighted by molar-refractivity contribution is 6.22. The van der Waals surface area contributed by atoms with E-state index < -0.39 is 11.9 Å². The number of carbonyl (C=O) groups excluding carboxylic acids is 4. The van der Waals surface area contributed by atoms with Crippen LogP contribution in [0.4, 0.5) is 11.4 Å². The Bertz CT molecular complexity index is 1340. The summed E-state index contributed by atoms with van der Waals surface area (Å²) in [6, 6.07) is 11.0. The lowest BCUT2D eigenvalue weighted by Crippen LogP contribution is -2.31. The van der Waals surface area contributed by atoms with Crippen molar-refractivity contribution < 1.29 is 23.9 Å². The predicted molar refractivity (Wildman–Crippen MR) is 145 cm³/mol. The zero-order chi connectivity index (χ0) is 27.1. The molecule has 198 valence electrons. The van der Waals surface area contributed by atoms with Gasteiger partial charge in [-0.05, 0) is 74.4 Å². The number of benzene rings is 2. The summed E-state index contributed by atoms with van der Waals surface area (Å²) in [7, 11) is 0. The highest BCUT2D eigenvalue weighted by atomic mass is 16.5. The third kappa shape index (κ3) is 4.44. The molecule has 2 heterocycles. The molecule has 0 saturated carbocycles. The Morgan fingerprint density at radius 3 is 2.29 bits per heavy atom. The standard InChI is InChI=1S/C31H34N2O5/c1-5-20-8-7-9-21(6-2)28(20)32-17-22(16-27(32)34)31(37)38-23-11-13-26(19(4)15-23)33-29(35)24-12-10-18(3)14-25(24)30(33)36/h7-11,13,15,22,24-25H,5-6,12,14,16-17H2,1-4H3/t22-,24+,25-/m1/s1. The van der Waals surface area contributed by atoms with Crippen molar-refractivity contribution in [1.82, 2.24) is 0 Å². The van der Waals surface area contributed by atoms with Gasteiger partial charge in [-0.25, -0.2) is 4.90 Å². The van der Waals surface area contributed by atoms with E-state index in [9.17, 15) is 19.2 Å². The van der Waals surface area contributed by atoms with Crippen molar-refractivity contribution in [1.29, 1.82) is 0 Å². The Hall–Kier alpha value is -3.74. The molecule has 3 amide bonds. The number of para-hydroxylation sites is 1. The highest BCUT2D eigenvalue weighted by Crippen LogP contribution is 2.41. The van der Waals surface area contributed by atoms with Gasteiger partial charge < -0.3 is 9.64 Å². The van der Waals surface area contributed by atoms with Gasteiger partial charge in [-0.3, -0.25) is 19.2 Å². The fourth-order valence-corrected chi connectivity index (χ4v) is 6.06. The van der Waals surface area contributed by atoms with Crippen molar-refractivity contribution in [3.63, 3.8) is 0 Å². The van der Waals surface area contributed by atoms with E-state index in [0.717, 1.165) is 35.2 Å². The molecule has 38 heavy (non-hydrogen) atoms. The van der Waals surface area contributed by atoms with Crippen LogP contribution in [0.25, 0.3) is 0 Å². The molecule has 0 unspecified atom stereocenters. The number of esters is 1. The molecule has 2 aromatic rings. The zero-order valence-corrected chi connectivity index (χ0v) is 22.5. The van der Waals surface area contributed by atoms with Crippen molar-refractivity contribution in [3.05, 3.63) is 64.7 Å². The van der Waals surface area contributed by atoms with Gasteiger partial charge >= 0.3 is 5.97 Å². The molecule has 2 fully saturated rings. The number of carbonyl (C=O) groups is 4. The van der Waals surface area contributed by atoms with Crippen molar-refractivity contribution in [2.75, 3.05) is 16.3 Å². The summed E-state index contributed by atoms with van der Waals surface area (Å²) in [5.41, 5.74) is 5.45. The Balaban J connectivity index is 1.30. The quantitative estimate of drug-likeness (QED) is 0.236. The number of ether oxygens (including phenoxy) is 1. The van der Waals surface area contributed by atoms with Gasteiger partial charge in [0.05, 0.1) is 23.4 Å². The van der Waals surface area contributed by atoms with Crippen LogP contribution in [0.15, 0.2) is 48.0 Å². The van der Waals surface area contributed by atoms with E-state index in [1.54, 1.807) is 30.0 Å². The van der Waals surface area contributed by atoms with Gasteiger partial charge in [0.2, 0.25) is 17.7 Å². The monoisotopic (exact) mass is 514 g/mol. The number of nitrogens with zero attached hydrogens (tertiary/aromatic N) is 2. The van der Waals surface area contributed by atoms with E-state index in [0.29, 0.717) is 29.8 Å². The minimum Gasteiger partial charge on any atom is -0.426 e. The predicted octanol–water partition coefficient (Wildman–Crippen LogP) is 4.92. The fourth-order valence-electron chi connectivity index (χ4n) is 6.06. The number of rotatable bonds is 6. The minimum atomic E-state index is -0.572. The van der Waals surface area contributed by atoms with Gasteiger partial charge in [-0.2, -0.15) is 0 Å². The molecule has 2 aromatic carbocycles. The first-order valence-electron chi connectivity index (χ1n) is 13.5. The number of fused-ring (bicyclic) bond motifs is 1. The molecule has 3 atom stereocenters. The number of amides is 3. The number of hydrogen-bond donors (Lipinski definition) is 0. The van der Waals surface area contributed by atoms with Crippen LogP contribution in [0.3, 0.4) is 0 Å². The van der Waals surface area contributed by atoms with Crippen LogP contribution in [0.2, 0.25) is 0 Å². The number of allylic oxidation sites excluding steroid dienone is 2. The molecule has 0 radical (unpaired) electrons. The highest BCUT2D eigenvalue weighted by Gasteiger charge is 2.49. The molecule has 7 nitrogen and oxygen atoms in total. The average molecular weight is 515 g/mol. The van der Waals surface area contributed by atoms with Gasteiger partial charge in [0.15, 0.2) is 0 Å². The first-order chi connectivity index (χ1) is 18.2. The lowest BCUT2D eigenvalue weighted by molar-refractivity contribution is -0.139. The second-order valence-corrected chi connectivity index (χ2v) is 10.6. The van der Waals surface area contributed by atoms with E-state index in [-0.39, 0.29) is 42.5 Å². The molecular weight excluding hydrogens is 480 g/mol. The molecule has 1 aliphatic carbocycles. The molecular formula is C31H34N2O5. The van der Waals surface area contributed by atoms with E-state index in [1.807, 2.05) is 31.2 Å².